The molecule has 0 radical (unpaired) electrons. The van der Waals surface area contributed by atoms with Crippen LogP contribution in [0, 0.1) is 0 Å². The fraction of sp³-hybridized carbons (Fsp3) is 0.200. The van der Waals surface area contributed by atoms with Gasteiger partial charge in [-0.3, -0.25) is 9.59 Å². The van der Waals surface area contributed by atoms with Crippen molar-refractivity contribution in [1.82, 2.24) is 5.32 Å². The monoisotopic (exact) mass is 207 g/mol. The molecule has 0 bridgehead atoms. The van der Waals surface area contributed by atoms with Crippen LogP contribution < -0.4 is 5.32 Å². The van der Waals surface area contributed by atoms with Gasteiger partial charge in [-0.1, -0.05) is 30.3 Å². The van der Waals surface area contributed by atoms with Crippen LogP contribution in [-0.2, 0) is 11.2 Å². The normalized spacial score (nSPS) is 21.0. The fourth-order valence-corrected chi connectivity index (χ4v) is 2.05. The van der Waals surface area contributed by atoms with E-state index >= 15 is 0 Å². The number of hydrogen-bond donors (Lipinski definition) is 1. The fourth-order valence-electron chi connectivity index (χ4n) is 1.38. The molecule has 1 aliphatic rings. The number of hydrogen-bond acceptors (Lipinski definition) is 3. The maximum absolute atomic E-state index is 11.3. The first-order chi connectivity index (χ1) is 6.75. The van der Waals surface area contributed by atoms with E-state index in [0.29, 0.717) is 6.42 Å². The van der Waals surface area contributed by atoms with Crippen LogP contribution in [0.4, 0.5) is 4.79 Å². The standard InChI is InChI=1S/C10H9NO2S/c12-9-8(11-10(13)14-9)6-7-4-2-1-3-5-7/h1-5,8H,6H2,(H,11,13)/t8-/m1/s1. The van der Waals surface area contributed by atoms with E-state index in [0.717, 1.165) is 17.3 Å². The predicted molar refractivity (Wildman–Crippen MR) is 55.1 cm³/mol. The van der Waals surface area contributed by atoms with Crippen LogP contribution in [0.5, 0.6) is 0 Å². The highest BCUT2D eigenvalue weighted by Crippen LogP contribution is 2.18. The van der Waals surface area contributed by atoms with Gasteiger partial charge < -0.3 is 5.32 Å². The lowest BCUT2D eigenvalue weighted by molar-refractivity contribution is -0.112. The van der Waals surface area contributed by atoms with Crippen LogP contribution in [0.3, 0.4) is 0 Å². The summed E-state index contributed by atoms with van der Waals surface area (Å²) in [7, 11) is 0. The molecule has 1 saturated heterocycles. The van der Waals surface area contributed by atoms with Crippen LogP contribution in [0.2, 0.25) is 0 Å². The van der Waals surface area contributed by atoms with E-state index in [1.165, 1.54) is 0 Å². The SMILES string of the molecule is O=C1N[C@H](Cc2ccccc2)C(=O)S1. The zero-order valence-corrected chi connectivity index (χ0v) is 8.21. The summed E-state index contributed by atoms with van der Waals surface area (Å²) in [5.74, 6) is 0. The van der Waals surface area contributed by atoms with Gasteiger partial charge >= 0.3 is 0 Å². The predicted octanol–water partition coefficient (Wildman–Crippen LogP) is 1.58. The molecular weight excluding hydrogens is 198 g/mol. The number of benzene rings is 1. The van der Waals surface area contributed by atoms with E-state index in [2.05, 4.69) is 5.32 Å². The molecule has 1 aromatic carbocycles. The maximum atomic E-state index is 11.3. The quantitative estimate of drug-likeness (QED) is 0.800. The van der Waals surface area contributed by atoms with Crippen LogP contribution in [-0.4, -0.2) is 16.4 Å². The summed E-state index contributed by atoms with van der Waals surface area (Å²) in [6, 6.07) is 9.31. The zero-order valence-electron chi connectivity index (χ0n) is 7.40. The molecule has 0 spiro atoms. The number of rotatable bonds is 2. The van der Waals surface area contributed by atoms with Crippen LogP contribution >= 0.6 is 11.8 Å². The second-order valence-electron chi connectivity index (χ2n) is 3.10. The molecule has 1 atom stereocenters. The third-order valence-corrected chi connectivity index (χ3v) is 2.84. The Bertz CT molecular complexity index is 364. The Morgan fingerprint density at radius 1 is 1.21 bits per heavy atom. The molecule has 1 aliphatic heterocycles. The molecule has 1 N–H and O–H groups in total. The number of nitrogens with one attached hydrogen (secondary N) is 1. The van der Waals surface area contributed by atoms with E-state index in [4.69, 9.17) is 0 Å². The lowest BCUT2D eigenvalue weighted by atomic mass is 10.1. The van der Waals surface area contributed by atoms with Gasteiger partial charge in [0.1, 0.15) is 6.04 Å². The Morgan fingerprint density at radius 2 is 1.93 bits per heavy atom. The highest BCUT2D eigenvalue weighted by atomic mass is 32.2. The van der Waals surface area contributed by atoms with Crippen molar-refractivity contribution in [2.24, 2.45) is 0 Å². The van der Waals surface area contributed by atoms with Gasteiger partial charge in [0.05, 0.1) is 0 Å². The lowest BCUT2D eigenvalue weighted by Gasteiger charge is -2.06. The average Bonchev–Trinajstić information content (AvgIpc) is 2.47. The smallest absolute Gasteiger partial charge is 0.287 e. The van der Waals surface area contributed by atoms with Gasteiger partial charge in [-0.15, -0.1) is 0 Å². The third kappa shape index (κ3) is 1.96. The van der Waals surface area contributed by atoms with E-state index in [-0.39, 0.29) is 16.4 Å². The van der Waals surface area contributed by atoms with Gasteiger partial charge in [0, 0.05) is 18.2 Å². The molecule has 1 amide bonds. The van der Waals surface area contributed by atoms with Crippen molar-refractivity contribution < 1.29 is 9.59 Å². The molecule has 1 heterocycles. The molecular formula is C10H9NO2S. The minimum atomic E-state index is -0.352. The van der Waals surface area contributed by atoms with Crippen molar-refractivity contribution in [2.75, 3.05) is 0 Å². The summed E-state index contributed by atoms with van der Waals surface area (Å²) in [4.78, 5) is 22.2. The second-order valence-corrected chi connectivity index (χ2v) is 4.07. The summed E-state index contributed by atoms with van der Waals surface area (Å²) in [5, 5.41) is 2.30. The van der Waals surface area contributed by atoms with Crippen LogP contribution in [0.15, 0.2) is 30.3 Å². The minimum Gasteiger partial charge on any atom is -0.335 e. The number of carbonyl (C=O) groups is 2. The Labute approximate surface area is 85.9 Å². The Morgan fingerprint density at radius 3 is 2.50 bits per heavy atom. The van der Waals surface area contributed by atoms with Crippen molar-refractivity contribution >= 4 is 22.1 Å². The molecule has 0 saturated carbocycles. The molecule has 1 fully saturated rings. The van der Waals surface area contributed by atoms with E-state index in [9.17, 15) is 9.59 Å². The van der Waals surface area contributed by atoms with Crippen molar-refractivity contribution in [2.45, 2.75) is 12.5 Å². The summed E-state index contributed by atoms with van der Waals surface area (Å²) >= 11 is 0.759. The summed E-state index contributed by atoms with van der Waals surface area (Å²) in [6.07, 6.45) is 0.582. The number of thioether (sulfide) groups is 1. The summed E-state index contributed by atoms with van der Waals surface area (Å²) in [6.45, 7) is 0. The van der Waals surface area contributed by atoms with Gasteiger partial charge in [0.2, 0.25) is 5.12 Å². The molecule has 3 nitrogen and oxygen atoms in total. The molecule has 2 rings (SSSR count). The van der Waals surface area contributed by atoms with Crippen molar-refractivity contribution in [3.05, 3.63) is 35.9 Å². The molecule has 72 valence electrons. The van der Waals surface area contributed by atoms with Gasteiger partial charge in [0.15, 0.2) is 0 Å². The molecule has 1 aromatic rings. The molecule has 0 aromatic heterocycles. The van der Waals surface area contributed by atoms with Crippen molar-refractivity contribution in [1.29, 1.82) is 0 Å². The Hall–Kier alpha value is -1.29. The largest absolute Gasteiger partial charge is 0.335 e. The van der Waals surface area contributed by atoms with E-state index in [1.807, 2.05) is 30.3 Å². The second kappa shape index (κ2) is 3.84. The van der Waals surface area contributed by atoms with Gasteiger partial charge in [-0.25, -0.2) is 0 Å². The summed E-state index contributed by atoms with van der Waals surface area (Å²) < 4.78 is 0. The summed E-state index contributed by atoms with van der Waals surface area (Å²) in [5.41, 5.74) is 1.06. The van der Waals surface area contributed by atoms with Gasteiger partial charge in [0.25, 0.3) is 5.24 Å². The molecule has 0 unspecified atom stereocenters. The Kier molecular flexibility index (Phi) is 2.54. The van der Waals surface area contributed by atoms with E-state index in [1.54, 1.807) is 0 Å². The van der Waals surface area contributed by atoms with Gasteiger partial charge in [-0.05, 0) is 5.56 Å². The highest BCUT2D eigenvalue weighted by molar-refractivity contribution is 8.26. The first kappa shape index (κ1) is 9.27. The Balaban J connectivity index is 2.05. The molecule has 0 aliphatic carbocycles. The molecule has 14 heavy (non-hydrogen) atoms. The van der Waals surface area contributed by atoms with Crippen molar-refractivity contribution in [3.63, 3.8) is 0 Å². The zero-order chi connectivity index (χ0) is 9.97. The van der Waals surface area contributed by atoms with Crippen molar-refractivity contribution in [3.8, 4) is 0 Å². The minimum absolute atomic E-state index is 0.0844. The lowest BCUT2D eigenvalue weighted by Crippen LogP contribution is -2.30. The number of amides is 1. The van der Waals surface area contributed by atoms with E-state index < -0.39 is 0 Å². The van der Waals surface area contributed by atoms with Crippen LogP contribution in [0.25, 0.3) is 0 Å². The van der Waals surface area contributed by atoms with Gasteiger partial charge in [-0.2, -0.15) is 0 Å². The maximum Gasteiger partial charge on any atom is 0.287 e. The molecule has 4 heteroatoms. The topological polar surface area (TPSA) is 46.2 Å². The number of carbonyl (C=O) groups excluding carboxylic acids is 2. The highest BCUT2D eigenvalue weighted by Gasteiger charge is 2.30. The first-order valence-corrected chi connectivity index (χ1v) is 5.13. The average molecular weight is 207 g/mol. The first-order valence-electron chi connectivity index (χ1n) is 4.32. The van der Waals surface area contributed by atoms with Crippen LogP contribution in [0.1, 0.15) is 5.56 Å². The third-order valence-electron chi connectivity index (χ3n) is 2.05.